The van der Waals surface area contributed by atoms with Gasteiger partial charge in [-0.05, 0) is 18.6 Å². The van der Waals surface area contributed by atoms with Crippen molar-refractivity contribution in [3.05, 3.63) is 29.8 Å². The molecule has 0 spiro atoms. The summed E-state index contributed by atoms with van der Waals surface area (Å²) in [4.78, 5) is 31.7. The van der Waals surface area contributed by atoms with Crippen molar-refractivity contribution in [3.8, 4) is 5.75 Å². The van der Waals surface area contributed by atoms with Crippen LogP contribution in [-0.4, -0.2) is 18.5 Å². The lowest BCUT2D eigenvalue weighted by Crippen LogP contribution is -2.11. The summed E-state index contributed by atoms with van der Waals surface area (Å²) in [6, 6.07) is 6.30. The maximum Gasteiger partial charge on any atom is 0.376 e. The first kappa shape index (κ1) is 13.2. The van der Waals surface area contributed by atoms with Crippen molar-refractivity contribution in [2.45, 2.75) is 20.3 Å². The second kappa shape index (κ2) is 6.65. The third-order valence-electron chi connectivity index (χ3n) is 1.78. The standard InChI is InChI=1S/C12H14O5/c1-3-8-15-17-12(14)10-6-4-5-7-11(10)16-9(2)13/h4-7H,3,8H2,1-2H3. The molecular formula is C12H14O5. The molecule has 0 aliphatic carbocycles. The molecule has 0 bridgehead atoms. The molecule has 0 aromatic heterocycles. The van der Waals surface area contributed by atoms with E-state index in [1.165, 1.54) is 19.1 Å². The fraction of sp³-hybridized carbons (Fsp3) is 0.333. The summed E-state index contributed by atoms with van der Waals surface area (Å²) in [6.07, 6.45) is 0.735. The predicted molar refractivity (Wildman–Crippen MR) is 59.4 cm³/mol. The van der Waals surface area contributed by atoms with Crippen LogP contribution in [0.5, 0.6) is 5.75 Å². The SMILES string of the molecule is CCCOOC(=O)c1ccccc1OC(C)=O. The number of para-hydroxylation sites is 1. The van der Waals surface area contributed by atoms with E-state index in [1.54, 1.807) is 12.1 Å². The minimum absolute atomic E-state index is 0.152. The zero-order valence-corrected chi connectivity index (χ0v) is 9.76. The van der Waals surface area contributed by atoms with Crippen LogP contribution >= 0.6 is 0 Å². The van der Waals surface area contributed by atoms with Gasteiger partial charge in [0.25, 0.3) is 0 Å². The molecule has 0 saturated heterocycles. The number of rotatable bonds is 5. The highest BCUT2D eigenvalue weighted by molar-refractivity contribution is 5.93. The van der Waals surface area contributed by atoms with Crippen molar-refractivity contribution in [2.24, 2.45) is 0 Å². The number of carbonyl (C=O) groups is 2. The summed E-state index contributed by atoms with van der Waals surface area (Å²) in [6.45, 7) is 3.47. The Bertz CT molecular complexity index is 400. The molecule has 1 aromatic rings. The number of hydrogen-bond acceptors (Lipinski definition) is 5. The first-order chi connectivity index (χ1) is 8.15. The minimum atomic E-state index is -0.685. The van der Waals surface area contributed by atoms with E-state index in [2.05, 4.69) is 9.78 Å². The zero-order chi connectivity index (χ0) is 12.7. The Kier molecular flexibility index (Phi) is 5.16. The second-order valence-corrected chi connectivity index (χ2v) is 3.28. The van der Waals surface area contributed by atoms with E-state index in [9.17, 15) is 9.59 Å². The molecule has 0 unspecified atom stereocenters. The Hall–Kier alpha value is -1.88. The van der Waals surface area contributed by atoms with Crippen molar-refractivity contribution < 1.29 is 24.1 Å². The Morgan fingerprint density at radius 1 is 1.24 bits per heavy atom. The Labute approximate surface area is 99.2 Å². The number of ether oxygens (including phenoxy) is 1. The van der Waals surface area contributed by atoms with Crippen LogP contribution in [0.15, 0.2) is 24.3 Å². The molecule has 17 heavy (non-hydrogen) atoms. The maximum atomic E-state index is 11.6. The minimum Gasteiger partial charge on any atom is -0.426 e. The summed E-state index contributed by atoms with van der Waals surface area (Å²) < 4.78 is 4.88. The van der Waals surface area contributed by atoms with Gasteiger partial charge in [0.2, 0.25) is 0 Å². The molecule has 92 valence electrons. The van der Waals surface area contributed by atoms with Crippen molar-refractivity contribution in [1.82, 2.24) is 0 Å². The molecule has 5 nitrogen and oxygen atoms in total. The normalized spacial score (nSPS) is 9.76. The van der Waals surface area contributed by atoms with E-state index >= 15 is 0 Å². The lowest BCUT2D eigenvalue weighted by molar-refractivity contribution is -0.240. The fourth-order valence-corrected chi connectivity index (χ4v) is 1.10. The molecule has 0 saturated carbocycles. The maximum absolute atomic E-state index is 11.6. The monoisotopic (exact) mass is 238 g/mol. The molecule has 0 radical (unpaired) electrons. The van der Waals surface area contributed by atoms with Gasteiger partial charge in [-0.1, -0.05) is 19.1 Å². The van der Waals surface area contributed by atoms with Gasteiger partial charge >= 0.3 is 11.9 Å². The largest absolute Gasteiger partial charge is 0.426 e. The summed E-state index contributed by atoms with van der Waals surface area (Å²) in [5, 5.41) is 0. The van der Waals surface area contributed by atoms with Crippen molar-refractivity contribution in [2.75, 3.05) is 6.61 Å². The van der Waals surface area contributed by atoms with Crippen LogP contribution in [0.1, 0.15) is 30.6 Å². The highest BCUT2D eigenvalue weighted by Crippen LogP contribution is 2.19. The van der Waals surface area contributed by atoms with Crippen LogP contribution in [0.4, 0.5) is 0 Å². The van der Waals surface area contributed by atoms with E-state index in [1.807, 2.05) is 6.92 Å². The highest BCUT2D eigenvalue weighted by Gasteiger charge is 2.15. The average Bonchev–Trinajstić information content (AvgIpc) is 2.29. The van der Waals surface area contributed by atoms with Crippen LogP contribution in [0.3, 0.4) is 0 Å². The smallest absolute Gasteiger partial charge is 0.376 e. The lowest BCUT2D eigenvalue weighted by Gasteiger charge is -2.07. The third-order valence-corrected chi connectivity index (χ3v) is 1.78. The first-order valence-corrected chi connectivity index (χ1v) is 5.26. The zero-order valence-electron chi connectivity index (χ0n) is 9.76. The van der Waals surface area contributed by atoms with Gasteiger partial charge in [0.1, 0.15) is 11.3 Å². The topological polar surface area (TPSA) is 61.8 Å². The quantitative estimate of drug-likeness (QED) is 0.258. The summed E-state index contributed by atoms with van der Waals surface area (Å²) in [5.74, 6) is -1.03. The molecular weight excluding hydrogens is 224 g/mol. The van der Waals surface area contributed by atoms with Gasteiger partial charge < -0.3 is 4.74 Å². The summed E-state index contributed by atoms with van der Waals surface area (Å²) in [7, 11) is 0. The van der Waals surface area contributed by atoms with E-state index < -0.39 is 11.9 Å². The van der Waals surface area contributed by atoms with Gasteiger partial charge in [-0.15, -0.1) is 0 Å². The molecule has 0 fully saturated rings. The third kappa shape index (κ3) is 4.24. The molecule has 5 heteroatoms. The Morgan fingerprint density at radius 3 is 2.59 bits per heavy atom. The number of carbonyl (C=O) groups excluding carboxylic acids is 2. The van der Waals surface area contributed by atoms with Crippen LogP contribution in [-0.2, 0) is 14.6 Å². The highest BCUT2D eigenvalue weighted by atomic mass is 17.2. The summed E-state index contributed by atoms with van der Waals surface area (Å²) in [5.41, 5.74) is 0.152. The van der Waals surface area contributed by atoms with E-state index in [-0.39, 0.29) is 11.3 Å². The molecule has 1 aromatic carbocycles. The molecule has 0 amide bonds. The van der Waals surface area contributed by atoms with Gasteiger partial charge in [0, 0.05) is 6.92 Å². The Balaban J connectivity index is 2.74. The second-order valence-electron chi connectivity index (χ2n) is 3.28. The molecule has 0 atom stereocenters. The van der Waals surface area contributed by atoms with Crippen LogP contribution in [0, 0.1) is 0 Å². The van der Waals surface area contributed by atoms with E-state index in [4.69, 9.17) is 4.74 Å². The van der Waals surface area contributed by atoms with Gasteiger partial charge in [-0.2, -0.15) is 4.89 Å². The van der Waals surface area contributed by atoms with Gasteiger partial charge in [-0.25, -0.2) is 4.79 Å². The number of benzene rings is 1. The summed E-state index contributed by atoms with van der Waals surface area (Å²) >= 11 is 0. The van der Waals surface area contributed by atoms with Crippen molar-refractivity contribution >= 4 is 11.9 Å². The first-order valence-electron chi connectivity index (χ1n) is 5.26. The average molecular weight is 238 g/mol. The Morgan fingerprint density at radius 2 is 1.94 bits per heavy atom. The fourth-order valence-electron chi connectivity index (χ4n) is 1.10. The lowest BCUT2D eigenvalue weighted by atomic mass is 10.2. The molecule has 0 aliphatic heterocycles. The van der Waals surface area contributed by atoms with Gasteiger partial charge in [-0.3, -0.25) is 9.68 Å². The van der Waals surface area contributed by atoms with Gasteiger partial charge in [0.15, 0.2) is 0 Å². The van der Waals surface area contributed by atoms with Crippen LogP contribution in [0.2, 0.25) is 0 Å². The number of hydrogen-bond donors (Lipinski definition) is 0. The van der Waals surface area contributed by atoms with E-state index in [0.29, 0.717) is 6.61 Å². The molecule has 1 rings (SSSR count). The predicted octanol–water partition coefficient (Wildman–Crippen LogP) is 2.11. The van der Waals surface area contributed by atoms with Crippen LogP contribution < -0.4 is 4.74 Å². The molecule has 0 N–H and O–H groups in total. The van der Waals surface area contributed by atoms with Gasteiger partial charge in [0.05, 0.1) is 6.61 Å². The van der Waals surface area contributed by atoms with Crippen LogP contribution in [0.25, 0.3) is 0 Å². The number of esters is 1. The van der Waals surface area contributed by atoms with E-state index in [0.717, 1.165) is 6.42 Å². The molecule has 0 heterocycles. The van der Waals surface area contributed by atoms with Crippen molar-refractivity contribution in [1.29, 1.82) is 0 Å². The molecule has 0 aliphatic rings. The van der Waals surface area contributed by atoms with Crippen molar-refractivity contribution in [3.63, 3.8) is 0 Å².